The standard InChI is InChI=1S/C16H25NO3/c1-10(2)18-16-9-13(5-6-15(16)17)20-14-7-11(3)19-12(4)8-14/h5-6,9-12,14H,7-8,17H2,1-4H3. The zero-order valence-corrected chi connectivity index (χ0v) is 12.8. The molecule has 1 aliphatic rings. The van der Waals surface area contributed by atoms with Crippen LogP contribution < -0.4 is 15.2 Å². The van der Waals surface area contributed by atoms with Gasteiger partial charge in [-0.25, -0.2) is 0 Å². The molecule has 1 fully saturated rings. The number of nitrogens with two attached hydrogens (primary N) is 1. The van der Waals surface area contributed by atoms with Gasteiger partial charge in [-0.3, -0.25) is 0 Å². The van der Waals surface area contributed by atoms with Crippen molar-refractivity contribution in [2.24, 2.45) is 0 Å². The molecular weight excluding hydrogens is 254 g/mol. The maximum absolute atomic E-state index is 6.06. The Hall–Kier alpha value is -1.42. The quantitative estimate of drug-likeness (QED) is 0.858. The Morgan fingerprint density at radius 2 is 1.85 bits per heavy atom. The summed E-state index contributed by atoms with van der Waals surface area (Å²) in [5, 5.41) is 0. The first-order valence-corrected chi connectivity index (χ1v) is 7.32. The lowest BCUT2D eigenvalue weighted by molar-refractivity contribution is -0.0721. The van der Waals surface area contributed by atoms with Gasteiger partial charge in [-0.15, -0.1) is 0 Å². The lowest BCUT2D eigenvalue weighted by Crippen LogP contribution is -2.35. The van der Waals surface area contributed by atoms with Crippen molar-refractivity contribution < 1.29 is 14.2 Å². The number of rotatable bonds is 4. The molecule has 0 aromatic heterocycles. The van der Waals surface area contributed by atoms with Crippen molar-refractivity contribution in [3.05, 3.63) is 18.2 Å². The summed E-state index contributed by atoms with van der Waals surface area (Å²) in [6, 6.07) is 5.60. The third-order valence-electron chi connectivity index (χ3n) is 3.30. The van der Waals surface area contributed by atoms with Gasteiger partial charge < -0.3 is 19.9 Å². The van der Waals surface area contributed by atoms with Crippen molar-refractivity contribution in [3.63, 3.8) is 0 Å². The molecule has 2 rings (SSSR count). The predicted molar refractivity (Wildman–Crippen MR) is 80.3 cm³/mol. The van der Waals surface area contributed by atoms with E-state index in [0.29, 0.717) is 11.4 Å². The highest BCUT2D eigenvalue weighted by Gasteiger charge is 2.25. The molecule has 0 radical (unpaired) electrons. The zero-order valence-electron chi connectivity index (χ0n) is 12.8. The van der Waals surface area contributed by atoms with Gasteiger partial charge in [0.05, 0.1) is 24.0 Å². The topological polar surface area (TPSA) is 53.7 Å². The largest absolute Gasteiger partial charge is 0.490 e. The van der Waals surface area contributed by atoms with E-state index in [1.807, 2.05) is 32.0 Å². The second-order valence-electron chi connectivity index (χ2n) is 5.83. The minimum atomic E-state index is 0.0932. The highest BCUT2D eigenvalue weighted by atomic mass is 16.5. The molecule has 4 heteroatoms. The summed E-state index contributed by atoms with van der Waals surface area (Å²) in [6.45, 7) is 8.13. The van der Waals surface area contributed by atoms with E-state index in [1.165, 1.54) is 0 Å². The molecule has 1 aromatic rings. The Labute approximate surface area is 121 Å². The molecule has 1 aliphatic heterocycles. The minimum Gasteiger partial charge on any atom is -0.490 e. The second-order valence-corrected chi connectivity index (χ2v) is 5.83. The molecule has 0 aliphatic carbocycles. The molecule has 1 aromatic carbocycles. The lowest BCUT2D eigenvalue weighted by Gasteiger charge is -2.32. The van der Waals surface area contributed by atoms with Crippen molar-refractivity contribution >= 4 is 5.69 Å². The Morgan fingerprint density at radius 1 is 1.20 bits per heavy atom. The summed E-state index contributed by atoms with van der Waals surface area (Å²) in [4.78, 5) is 0. The van der Waals surface area contributed by atoms with E-state index in [4.69, 9.17) is 19.9 Å². The van der Waals surface area contributed by atoms with Gasteiger partial charge in [0.25, 0.3) is 0 Å². The van der Waals surface area contributed by atoms with Gasteiger partial charge in [-0.05, 0) is 39.8 Å². The molecule has 1 saturated heterocycles. The van der Waals surface area contributed by atoms with Crippen LogP contribution in [0.5, 0.6) is 11.5 Å². The van der Waals surface area contributed by atoms with Crippen molar-refractivity contribution in [3.8, 4) is 11.5 Å². The maximum Gasteiger partial charge on any atom is 0.146 e. The van der Waals surface area contributed by atoms with Crippen molar-refractivity contribution in [1.82, 2.24) is 0 Å². The Morgan fingerprint density at radius 3 is 2.45 bits per heavy atom. The maximum atomic E-state index is 6.06. The van der Waals surface area contributed by atoms with Gasteiger partial charge in [-0.2, -0.15) is 0 Å². The van der Waals surface area contributed by atoms with Crippen LogP contribution in [0.1, 0.15) is 40.5 Å². The van der Waals surface area contributed by atoms with Gasteiger partial charge in [0.15, 0.2) is 0 Å². The number of nitrogen functional groups attached to an aromatic ring is 1. The molecule has 2 atom stereocenters. The van der Waals surface area contributed by atoms with E-state index < -0.39 is 0 Å². The fourth-order valence-corrected chi connectivity index (χ4v) is 2.58. The Kier molecular flexibility index (Phi) is 4.76. The number of anilines is 1. The predicted octanol–water partition coefficient (Wildman–Crippen LogP) is 3.39. The van der Waals surface area contributed by atoms with Gasteiger partial charge in [0.1, 0.15) is 17.6 Å². The molecule has 0 amide bonds. The van der Waals surface area contributed by atoms with E-state index >= 15 is 0 Å². The molecular formula is C16H25NO3. The summed E-state index contributed by atoms with van der Waals surface area (Å²) < 4.78 is 17.5. The van der Waals surface area contributed by atoms with Crippen molar-refractivity contribution in [2.45, 2.75) is 65.0 Å². The van der Waals surface area contributed by atoms with Crippen LogP contribution in [0.3, 0.4) is 0 Å². The second kappa shape index (κ2) is 6.35. The van der Waals surface area contributed by atoms with Crippen LogP contribution in [-0.2, 0) is 4.74 Å². The zero-order chi connectivity index (χ0) is 14.7. The van der Waals surface area contributed by atoms with Gasteiger partial charge in [-0.1, -0.05) is 0 Å². The Bertz CT molecular complexity index is 437. The summed E-state index contributed by atoms with van der Waals surface area (Å²) in [5.41, 5.74) is 6.55. The van der Waals surface area contributed by atoms with Gasteiger partial charge >= 0.3 is 0 Å². The van der Waals surface area contributed by atoms with Gasteiger partial charge in [0.2, 0.25) is 0 Å². The van der Waals surface area contributed by atoms with E-state index in [9.17, 15) is 0 Å². The minimum absolute atomic E-state index is 0.0932. The first kappa shape index (κ1) is 15.0. The fraction of sp³-hybridized carbons (Fsp3) is 0.625. The van der Waals surface area contributed by atoms with Crippen LogP contribution in [0.2, 0.25) is 0 Å². The first-order chi connectivity index (χ1) is 9.44. The summed E-state index contributed by atoms with van der Waals surface area (Å²) in [7, 11) is 0. The Balaban J connectivity index is 2.05. The molecule has 2 N–H and O–H groups in total. The monoisotopic (exact) mass is 279 g/mol. The van der Waals surface area contributed by atoms with E-state index in [0.717, 1.165) is 18.6 Å². The normalized spacial score (nSPS) is 26.6. The van der Waals surface area contributed by atoms with Crippen molar-refractivity contribution in [2.75, 3.05) is 5.73 Å². The van der Waals surface area contributed by atoms with Crippen LogP contribution in [0.25, 0.3) is 0 Å². The molecule has 1 heterocycles. The lowest BCUT2D eigenvalue weighted by atomic mass is 10.0. The molecule has 20 heavy (non-hydrogen) atoms. The third kappa shape index (κ3) is 4.04. The molecule has 0 spiro atoms. The third-order valence-corrected chi connectivity index (χ3v) is 3.30. The van der Waals surface area contributed by atoms with Crippen LogP contribution in [0.15, 0.2) is 18.2 Å². The average Bonchev–Trinajstić information content (AvgIpc) is 2.31. The molecule has 4 nitrogen and oxygen atoms in total. The number of hydrogen-bond donors (Lipinski definition) is 1. The van der Waals surface area contributed by atoms with E-state index in [-0.39, 0.29) is 24.4 Å². The van der Waals surface area contributed by atoms with Crippen LogP contribution in [0.4, 0.5) is 5.69 Å². The van der Waals surface area contributed by atoms with Crippen LogP contribution >= 0.6 is 0 Å². The number of benzene rings is 1. The van der Waals surface area contributed by atoms with Crippen LogP contribution in [0, 0.1) is 0 Å². The SMILES string of the molecule is CC(C)Oc1cc(OC2CC(C)OC(C)C2)ccc1N. The average molecular weight is 279 g/mol. The van der Waals surface area contributed by atoms with E-state index in [1.54, 1.807) is 0 Å². The smallest absolute Gasteiger partial charge is 0.146 e. The summed E-state index contributed by atoms with van der Waals surface area (Å²) >= 11 is 0. The molecule has 0 bridgehead atoms. The highest BCUT2D eigenvalue weighted by Crippen LogP contribution is 2.30. The van der Waals surface area contributed by atoms with Gasteiger partial charge in [0, 0.05) is 18.9 Å². The number of ether oxygens (including phenoxy) is 3. The fourth-order valence-electron chi connectivity index (χ4n) is 2.58. The summed E-state index contributed by atoms with van der Waals surface area (Å²) in [5.74, 6) is 1.49. The number of hydrogen-bond acceptors (Lipinski definition) is 4. The van der Waals surface area contributed by atoms with Crippen LogP contribution in [-0.4, -0.2) is 24.4 Å². The highest BCUT2D eigenvalue weighted by molar-refractivity contribution is 5.55. The first-order valence-electron chi connectivity index (χ1n) is 7.32. The van der Waals surface area contributed by atoms with E-state index in [2.05, 4.69) is 13.8 Å². The molecule has 112 valence electrons. The molecule has 0 saturated carbocycles. The summed E-state index contributed by atoms with van der Waals surface area (Å²) in [6.07, 6.45) is 2.58. The van der Waals surface area contributed by atoms with Crippen molar-refractivity contribution in [1.29, 1.82) is 0 Å². The molecule has 2 unspecified atom stereocenters.